The number of carbonyl (C=O) groups is 1. The summed E-state index contributed by atoms with van der Waals surface area (Å²) in [7, 11) is 0. The van der Waals surface area contributed by atoms with Crippen LogP contribution in [0.1, 0.15) is 28.9 Å². The van der Waals surface area contributed by atoms with Gasteiger partial charge < -0.3 is 10.6 Å². The van der Waals surface area contributed by atoms with Gasteiger partial charge in [-0.25, -0.2) is 4.68 Å². The van der Waals surface area contributed by atoms with Gasteiger partial charge in [0.15, 0.2) is 5.69 Å². The summed E-state index contributed by atoms with van der Waals surface area (Å²) in [6, 6.07) is 7.77. The zero-order valence-electron chi connectivity index (χ0n) is 12.8. The molecule has 0 radical (unpaired) electrons. The number of amides is 1. The molecule has 128 valence electrons. The van der Waals surface area contributed by atoms with Crippen molar-refractivity contribution in [1.82, 2.24) is 20.4 Å². The number of carbonyl (C=O) groups excluding carboxylic acids is 1. The molecule has 0 unspecified atom stereocenters. The van der Waals surface area contributed by atoms with Crippen molar-refractivity contribution < 1.29 is 18.0 Å². The van der Waals surface area contributed by atoms with E-state index in [0.29, 0.717) is 6.54 Å². The number of aromatic nitrogens is 2. The first kappa shape index (κ1) is 16.5. The number of halogens is 3. The number of rotatable bonds is 3. The van der Waals surface area contributed by atoms with Crippen LogP contribution < -0.4 is 10.6 Å². The van der Waals surface area contributed by atoms with Crippen molar-refractivity contribution in [2.75, 3.05) is 13.1 Å². The summed E-state index contributed by atoms with van der Waals surface area (Å²) in [5, 5.41) is 9.55. The quantitative estimate of drug-likeness (QED) is 0.903. The van der Waals surface area contributed by atoms with E-state index in [1.807, 2.05) is 0 Å². The Morgan fingerprint density at radius 2 is 2.04 bits per heavy atom. The fourth-order valence-electron chi connectivity index (χ4n) is 2.79. The molecule has 2 N–H and O–H groups in total. The molecule has 1 fully saturated rings. The normalized spacial score (nSPS) is 18.4. The number of piperidine rings is 1. The third-order valence-corrected chi connectivity index (χ3v) is 3.92. The smallest absolute Gasteiger partial charge is 0.348 e. The Kier molecular flexibility index (Phi) is 4.57. The van der Waals surface area contributed by atoms with Crippen LogP contribution in [0.25, 0.3) is 5.69 Å². The predicted molar refractivity (Wildman–Crippen MR) is 81.9 cm³/mol. The number of benzene rings is 1. The first-order chi connectivity index (χ1) is 11.5. The second kappa shape index (κ2) is 6.64. The number of alkyl halides is 3. The Morgan fingerprint density at radius 1 is 1.29 bits per heavy atom. The summed E-state index contributed by atoms with van der Waals surface area (Å²) in [6.07, 6.45) is -2.10. The molecule has 2 heterocycles. The molecule has 2 aromatic rings. The Labute approximate surface area is 136 Å². The van der Waals surface area contributed by atoms with Crippen LogP contribution >= 0.6 is 0 Å². The van der Waals surface area contributed by atoms with Gasteiger partial charge in [0.05, 0.1) is 17.4 Å². The molecular weight excluding hydrogens is 321 g/mol. The van der Waals surface area contributed by atoms with Crippen molar-refractivity contribution in [2.45, 2.75) is 25.1 Å². The van der Waals surface area contributed by atoms with E-state index < -0.39 is 23.3 Å². The Bertz CT molecular complexity index is 706. The first-order valence-corrected chi connectivity index (χ1v) is 7.69. The highest BCUT2D eigenvalue weighted by Crippen LogP contribution is 2.33. The van der Waals surface area contributed by atoms with Gasteiger partial charge in [-0.15, -0.1) is 0 Å². The molecule has 0 bridgehead atoms. The molecule has 1 atom stereocenters. The van der Waals surface area contributed by atoms with E-state index >= 15 is 0 Å². The third-order valence-electron chi connectivity index (χ3n) is 3.92. The van der Waals surface area contributed by atoms with Gasteiger partial charge in [0, 0.05) is 12.6 Å². The molecule has 1 amide bonds. The Balaban J connectivity index is 1.93. The van der Waals surface area contributed by atoms with Crippen LogP contribution in [-0.2, 0) is 6.18 Å². The van der Waals surface area contributed by atoms with E-state index in [0.717, 1.165) is 30.3 Å². The van der Waals surface area contributed by atoms with E-state index in [4.69, 9.17) is 0 Å². The maximum absolute atomic E-state index is 13.5. The van der Waals surface area contributed by atoms with E-state index in [-0.39, 0.29) is 11.7 Å². The Morgan fingerprint density at radius 3 is 2.67 bits per heavy atom. The minimum atomic E-state index is -4.69. The lowest BCUT2D eigenvalue weighted by molar-refractivity contribution is -0.143. The molecule has 1 aliphatic rings. The maximum Gasteiger partial charge on any atom is 0.434 e. The van der Waals surface area contributed by atoms with Crippen LogP contribution in [0, 0.1) is 0 Å². The molecular formula is C16H17F3N4O. The number of nitrogens with one attached hydrogen (secondary N) is 2. The average molecular weight is 338 g/mol. The second-order valence-electron chi connectivity index (χ2n) is 5.67. The molecule has 24 heavy (non-hydrogen) atoms. The van der Waals surface area contributed by atoms with Crippen LogP contribution in [0.15, 0.2) is 36.5 Å². The first-order valence-electron chi connectivity index (χ1n) is 7.69. The molecule has 0 saturated carbocycles. The highest BCUT2D eigenvalue weighted by molar-refractivity contribution is 5.95. The summed E-state index contributed by atoms with van der Waals surface area (Å²) in [6.45, 7) is 1.41. The van der Waals surface area contributed by atoms with Crippen LogP contribution in [0.4, 0.5) is 13.2 Å². The summed E-state index contributed by atoms with van der Waals surface area (Å²) >= 11 is 0. The van der Waals surface area contributed by atoms with Gasteiger partial charge >= 0.3 is 6.18 Å². The molecule has 0 aliphatic carbocycles. The molecule has 1 aromatic carbocycles. The lowest BCUT2D eigenvalue weighted by Crippen LogP contribution is -2.45. The molecule has 3 rings (SSSR count). The fraction of sp³-hybridized carbons (Fsp3) is 0.375. The summed E-state index contributed by atoms with van der Waals surface area (Å²) < 4.78 is 41.3. The zero-order chi connectivity index (χ0) is 17.2. The third kappa shape index (κ3) is 3.43. The topological polar surface area (TPSA) is 59.0 Å². The van der Waals surface area contributed by atoms with Gasteiger partial charge in [0.1, 0.15) is 0 Å². The van der Waals surface area contributed by atoms with E-state index in [2.05, 4.69) is 15.7 Å². The molecule has 1 aliphatic heterocycles. The van der Waals surface area contributed by atoms with Crippen molar-refractivity contribution in [3.05, 3.63) is 47.8 Å². The Hall–Kier alpha value is -2.35. The van der Waals surface area contributed by atoms with Crippen molar-refractivity contribution in [3.63, 3.8) is 0 Å². The molecule has 1 saturated heterocycles. The van der Waals surface area contributed by atoms with Gasteiger partial charge in [0.25, 0.3) is 5.91 Å². The van der Waals surface area contributed by atoms with Crippen LogP contribution in [0.2, 0.25) is 0 Å². The lowest BCUT2D eigenvalue weighted by atomic mass is 10.1. The molecule has 8 heteroatoms. The molecule has 1 aromatic heterocycles. The van der Waals surface area contributed by atoms with E-state index in [9.17, 15) is 18.0 Å². The largest absolute Gasteiger partial charge is 0.434 e. The number of hydrogen-bond acceptors (Lipinski definition) is 3. The van der Waals surface area contributed by atoms with Crippen LogP contribution in [0.3, 0.4) is 0 Å². The standard InChI is InChI=1S/C16H17F3N4O/c17-16(18,19)14-13(15(24)22-11-5-4-8-20-9-11)10-21-23(14)12-6-2-1-3-7-12/h1-3,6-7,10-11,20H,4-5,8-9H2,(H,22,24)/t11-/m0/s1. The molecule has 5 nitrogen and oxygen atoms in total. The SMILES string of the molecule is O=C(N[C@H]1CCCNC1)c1cnn(-c2ccccc2)c1C(F)(F)F. The van der Waals surface area contributed by atoms with Crippen molar-refractivity contribution in [3.8, 4) is 5.69 Å². The van der Waals surface area contributed by atoms with E-state index in [1.54, 1.807) is 18.2 Å². The maximum atomic E-state index is 13.5. The van der Waals surface area contributed by atoms with E-state index in [1.165, 1.54) is 12.1 Å². The van der Waals surface area contributed by atoms with Crippen LogP contribution in [-0.4, -0.2) is 34.8 Å². The number of para-hydroxylation sites is 1. The highest BCUT2D eigenvalue weighted by Gasteiger charge is 2.40. The minimum absolute atomic E-state index is 0.174. The number of hydrogen-bond donors (Lipinski definition) is 2. The fourth-order valence-corrected chi connectivity index (χ4v) is 2.79. The zero-order valence-corrected chi connectivity index (χ0v) is 12.8. The highest BCUT2D eigenvalue weighted by atomic mass is 19.4. The summed E-state index contributed by atoms with van der Waals surface area (Å²) in [4.78, 5) is 12.3. The molecule has 0 spiro atoms. The van der Waals surface area contributed by atoms with Gasteiger partial charge in [-0.2, -0.15) is 18.3 Å². The number of nitrogens with zero attached hydrogens (tertiary/aromatic N) is 2. The van der Waals surface area contributed by atoms with Crippen molar-refractivity contribution in [2.24, 2.45) is 0 Å². The van der Waals surface area contributed by atoms with Crippen molar-refractivity contribution >= 4 is 5.91 Å². The van der Waals surface area contributed by atoms with Gasteiger partial charge in [-0.3, -0.25) is 4.79 Å². The predicted octanol–water partition coefficient (Wildman–Crippen LogP) is 2.37. The minimum Gasteiger partial charge on any atom is -0.348 e. The van der Waals surface area contributed by atoms with Crippen molar-refractivity contribution in [1.29, 1.82) is 0 Å². The lowest BCUT2D eigenvalue weighted by Gasteiger charge is -2.24. The van der Waals surface area contributed by atoms with Gasteiger partial charge in [-0.05, 0) is 31.5 Å². The summed E-state index contributed by atoms with van der Waals surface area (Å²) in [5.74, 6) is -0.752. The van der Waals surface area contributed by atoms with Gasteiger partial charge in [-0.1, -0.05) is 18.2 Å². The monoisotopic (exact) mass is 338 g/mol. The van der Waals surface area contributed by atoms with Gasteiger partial charge in [0.2, 0.25) is 0 Å². The second-order valence-corrected chi connectivity index (χ2v) is 5.67. The summed E-state index contributed by atoms with van der Waals surface area (Å²) in [5.41, 5.74) is -1.27. The van der Waals surface area contributed by atoms with Crippen LogP contribution in [0.5, 0.6) is 0 Å². The average Bonchev–Trinajstić information content (AvgIpc) is 3.02.